The molecule has 0 aliphatic carbocycles. The summed E-state index contributed by atoms with van der Waals surface area (Å²) >= 11 is 1.58. The van der Waals surface area contributed by atoms with Crippen LogP contribution in [0.4, 0.5) is 5.69 Å². The molecular weight excluding hydrogens is 376 g/mol. The van der Waals surface area contributed by atoms with Gasteiger partial charge in [-0.25, -0.2) is 8.42 Å². The van der Waals surface area contributed by atoms with Crippen molar-refractivity contribution in [3.8, 4) is 0 Å². The highest BCUT2D eigenvalue weighted by atomic mass is 32.2. The van der Waals surface area contributed by atoms with Gasteiger partial charge >= 0.3 is 0 Å². The van der Waals surface area contributed by atoms with Crippen LogP contribution in [-0.2, 0) is 16.6 Å². The minimum absolute atomic E-state index is 0.261. The van der Waals surface area contributed by atoms with Crippen LogP contribution in [0, 0.1) is 0 Å². The molecular formula is C21H20N2O2S2. The van der Waals surface area contributed by atoms with Crippen molar-refractivity contribution >= 4 is 49.3 Å². The number of hydrogen-bond acceptors (Lipinski definition) is 3. The predicted octanol–water partition coefficient (Wildman–Crippen LogP) is 5.34. The Bertz CT molecular complexity index is 1230. The first-order chi connectivity index (χ1) is 13.0. The number of nitrogens with one attached hydrogen (secondary N) is 1. The Balaban J connectivity index is 1.77. The Morgan fingerprint density at radius 2 is 1.63 bits per heavy atom. The molecule has 0 aliphatic heterocycles. The van der Waals surface area contributed by atoms with E-state index in [0.29, 0.717) is 5.69 Å². The maximum absolute atomic E-state index is 12.7. The second kappa shape index (κ2) is 6.94. The Morgan fingerprint density at radius 1 is 0.926 bits per heavy atom. The number of aromatic nitrogens is 1. The van der Waals surface area contributed by atoms with Crippen LogP contribution in [-0.4, -0.2) is 19.2 Å². The number of sulfonamides is 1. The lowest BCUT2D eigenvalue weighted by Crippen LogP contribution is -2.12. The lowest BCUT2D eigenvalue weighted by atomic mass is 10.1. The summed E-state index contributed by atoms with van der Waals surface area (Å²) in [6.45, 7) is 2.97. The molecule has 0 atom stereocenters. The lowest BCUT2D eigenvalue weighted by molar-refractivity contribution is 0.601. The van der Waals surface area contributed by atoms with E-state index in [9.17, 15) is 8.42 Å². The number of thioether (sulfide) groups is 1. The topological polar surface area (TPSA) is 51.1 Å². The molecule has 0 fully saturated rings. The van der Waals surface area contributed by atoms with Gasteiger partial charge in [0, 0.05) is 38.9 Å². The van der Waals surface area contributed by atoms with Crippen LogP contribution in [0.5, 0.6) is 0 Å². The number of anilines is 1. The van der Waals surface area contributed by atoms with Crippen molar-refractivity contribution in [3.63, 3.8) is 0 Å². The van der Waals surface area contributed by atoms with Gasteiger partial charge in [-0.15, -0.1) is 11.8 Å². The smallest absolute Gasteiger partial charge is 0.261 e. The number of rotatable bonds is 5. The van der Waals surface area contributed by atoms with Gasteiger partial charge in [-0.05, 0) is 61.7 Å². The number of para-hydroxylation sites is 1. The molecule has 3 aromatic carbocycles. The van der Waals surface area contributed by atoms with Crippen molar-refractivity contribution in [2.75, 3.05) is 11.0 Å². The van der Waals surface area contributed by atoms with Gasteiger partial charge in [0.05, 0.1) is 4.90 Å². The molecule has 6 heteroatoms. The maximum Gasteiger partial charge on any atom is 0.261 e. The van der Waals surface area contributed by atoms with E-state index in [1.54, 1.807) is 23.9 Å². The fourth-order valence-corrected chi connectivity index (χ4v) is 4.88. The Morgan fingerprint density at radius 3 is 2.33 bits per heavy atom. The predicted molar refractivity (Wildman–Crippen MR) is 114 cm³/mol. The fourth-order valence-electron chi connectivity index (χ4n) is 3.43. The molecule has 4 nitrogen and oxygen atoms in total. The summed E-state index contributed by atoms with van der Waals surface area (Å²) in [6, 6.07) is 20.8. The molecule has 0 spiro atoms. The van der Waals surface area contributed by atoms with Gasteiger partial charge in [0.25, 0.3) is 10.0 Å². The maximum atomic E-state index is 12.7. The zero-order valence-corrected chi connectivity index (χ0v) is 16.8. The van der Waals surface area contributed by atoms with Gasteiger partial charge in [0.1, 0.15) is 0 Å². The van der Waals surface area contributed by atoms with Crippen molar-refractivity contribution in [2.45, 2.75) is 23.3 Å². The van der Waals surface area contributed by atoms with Crippen LogP contribution in [0.2, 0.25) is 0 Å². The molecule has 138 valence electrons. The molecule has 0 aliphatic rings. The monoisotopic (exact) mass is 396 g/mol. The summed E-state index contributed by atoms with van der Waals surface area (Å²) < 4.78 is 30.4. The summed E-state index contributed by atoms with van der Waals surface area (Å²) in [5.74, 6) is 0. The highest BCUT2D eigenvalue weighted by Crippen LogP contribution is 2.31. The molecule has 0 radical (unpaired) electrons. The van der Waals surface area contributed by atoms with Crippen LogP contribution in [0.1, 0.15) is 6.92 Å². The van der Waals surface area contributed by atoms with Crippen LogP contribution >= 0.6 is 11.8 Å². The van der Waals surface area contributed by atoms with E-state index in [-0.39, 0.29) is 4.90 Å². The van der Waals surface area contributed by atoms with E-state index in [1.165, 1.54) is 0 Å². The molecule has 0 saturated carbocycles. The standard InChI is InChI=1S/C21H20N2O2S2/c1-3-23-20-7-5-4-6-18(20)19-14-15(8-13-21(19)23)22-27(24,25)17-11-9-16(26-2)10-12-17/h4-14,22H,3H2,1-2H3. The Hall–Kier alpha value is -2.44. The van der Waals surface area contributed by atoms with Crippen molar-refractivity contribution in [2.24, 2.45) is 0 Å². The summed E-state index contributed by atoms with van der Waals surface area (Å²) in [4.78, 5) is 1.29. The highest BCUT2D eigenvalue weighted by molar-refractivity contribution is 7.98. The molecule has 4 rings (SSSR count). The van der Waals surface area contributed by atoms with Crippen molar-refractivity contribution in [1.82, 2.24) is 4.57 Å². The minimum Gasteiger partial charge on any atom is -0.341 e. The Kier molecular flexibility index (Phi) is 4.61. The van der Waals surface area contributed by atoms with Gasteiger partial charge in [-0.3, -0.25) is 4.72 Å². The van der Waals surface area contributed by atoms with Gasteiger partial charge in [0.15, 0.2) is 0 Å². The molecule has 1 heterocycles. The summed E-state index contributed by atoms with van der Waals surface area (Å²) in [6.07, 6.45) is 1.96. The van der Waals surface area contributed by atoms with E-state index in [1.807, 2.05) is 48.7 Å². The molecule has 0 bridgehead atoms. The number of aryl methyl sites for hydroxylation is 1. The summed E-state index contributed by atoms with van der Waals surface area (Å²) in [5.41, 5.74) is 2.82. The highest BCUT2D eigenvalue weighted by Gasteiger charge is 2.16. The van der Waals surface area contributed by atoms with Gasteiger partial charge in [-0.2, -0.15) is 0 Å². The normalized spacial score (nSPS) is 11.9. The van der Waals surface area contributed by atoms with E-state index in [4.69, 9.17) is 0 Å². The second-order valence-electron chi connectivity index (χ2n) is 6.27. The summed E-state index contributed by atoms with van der Waals surface area (Å²) in [7, 11) is -3.63. The van der Waals surface area contributed by atoms with Crippen LogP contribution in [0.15, 0.2) is 76.5 Å². The second-order valence-corrected chi connectivity index (χ2v) is 8.84. The molecule has 1 aromatic heterocycles. The number of hydrogen-bond donors (Lipinski definition) is 1. The quantitative estimate of drug-likeness (QED) is 0.464. The fraction of sp³-hybridized carbons (Fsp3) is 0.143. The number of nitrogens with zero attached hydrogens (tertiary/aromatic N) is 1. The third-order valence-electron chi connectivity index (χ3n) is 4.71. The van der Waals surface area contributed by atoms with Gasteiger partial charge in [-0.1, -0.05) is 18.2 Å². The third kappa shape index (κ3) is 3.19. The summed E-state index contributed by atoms with van der Waals surface area (Å²) in [5, 5.41) is 2.17. The van der Waals surface area contributed by atoms with E-state index in [2.05, 4.69) is 28.3 Å². The van der Waals surface area contributed by atoms with Gasteiger partial charge < -0.3 is 4.57 Å². The van der Waals surface area contributed by atoms with Crippen molar-refractivity contribution in [3.05, 3.63) is 66.7 Å². The van der Waals surface area contributed by atoms with Gasteiger partial charge in [0.2, 0.25) is 0 Å². The molecule has 27 heavy (non-hydrogen) atoms. The SMILES string of the molecule is CCn1c2ccccc2c2cc(NS(=O)(=O)c3ccc(SC)cc3)ccc21. The zero-order valence-electron chi connectivity index (χ0n) is 15.1. The number of benzene rings is 3. The first-order valence-corrected chi connectivity index (χ1v) is 11.4. The molecule has 0 unspecified atom stereocenters. The average Bonchev–Trinajstić information content (AvgIpc) is 3.01. The van der Waals surface area contributed by atoms with Crippen molar-refractivity contribution < 1.29 is 8.42 Å². The average molecular weight is 397 g/mol. The van der Waals surface area contributed by atoms with Crippen LogP contribution in [0.3, 0.4) is 0 Å². The Labute approximate surface area is 163 Å². The zero-order chi connectivity index (χ0) is 19.0. The lowest BCUT2D eigenvalue weighted by Gasteiger charge is -2.09. The van der Waals surface area contributed by atoms with Crippen LogP contribution in [0.25, 0.3) is 21.8 Å². The largest absolute Gasteiger partial charge is 0.341 e. The third-order valence-corrected chi connectivity index (χ3v) is 6.85. The van der Waals surface area contributed by atoms with Crippen LogP contribution < -0.4 is 4.72 Å². The van der Waals surface area contributed by atoms with E-state index in [0.717, 1.165) is 33.2 Å². The number of fused-ring (bicyclic) bond motifs is 3. The van der Waals surface area contributed by atoms with Crippen molar-refractivity contribution in [1.29, 1.82) is 0 Å². The molecule has 0 saturated heterocycles. The van der Waals surface area contributed by atoms with E-state index < -0.39 is 10.0 Å². The molecule has 0 amide bonds. The molecule has 1 N–H and O–H groups in total. The first kappa shape index (κ1) is 17.9. The minimum atomic E-state index is -3.63. The first-order valence-electron chi connectivity index (χ1n) is 8.71. The molecule has 4 aromatic rings. The van der Waals surface area contributed by atoms with E-state index >= 15 is 0 Å².